The number of imidazole rings is 1. The lowest BCUT2D eigenvalue weighted by atomic mass is 10.2. The van der Waals surface area contributed by atoms with Gasteiger partial charge in [-0.05, 0) is 31.3 Å². The van der Waals surface area contributed by atoms with E-state index >= 15 is 0 Å². The number of hydrogen-bond acceptors (Lipinski definition) is 4. The third-order valence-corrected chi connectivity index (χ3v) is 4.16. The van der Waals surface area contributed by atoms with Crippen molar-refractivity contribution in [2.75, 3.05) is 0 Å². The van der Waals surface area contributed by atoms with Crippen LogP contribution in [0.2, 0.25) is 0 Å². The molecule has 3 rings (SSSR count). The van der Waals surface area contributed by atoms with E-state index in [-0.39, 0.29) is 0 Å². The predicted molar refractivity (Wildman–Crippen MR) is 77.8 cm³/mol. The van der Waals surface area contributed by atoms with Gasteiger partial charge >= 0.3 is 0 Å². The van der Waals surface area contributed by atoms with Crippen molar-refractivity contribution in [3.63, 3.8) is 0 Å². The van der Waals surface area contributed by atoms with Gasteiger partial charge in [-0.2, -0.15) is 5.26 Å². The number of aryl methyl sites for hydroxylation is 1. The molecule has 6 heteroatoms. The molecule has 0 radical (unpaired) electrons. The summed E-state index contributed by atoms with van der Waals surface area (Å²) in [6.07, 6.45) is 0. The van der Waals surface area contributed by atoms with Crippen molar-refractivity contribution in [1.82, 2.24) is 14.5 Å². The Balaban J connectivity index is 2.17. The molecule has 0 atom stereocenters. The predicted octanol–water partition coefficient (Wildman–Crippen LogP) is 3.38. The van der Waals surface area contributed by atoms with Gasteiger partial charge in [0.15, 0.2) is 4.77 Å². The van der Waals surface area contributed by atoms with Gasteiger partial charge in [-0.3, -0.25) is 0 Å². The molecule has 0 saturated carbocycles. The number of thiazole rings is 1. The van der Waals surface area contributed by atoms with Crippen LogP contribution in [0.15, 0.2) is 23.6 Å². The summed E-state index contributed by atoms with van der Waals surface area (Å²) >= 11 is 6.96. The number of benzene rings is 1. The van der Waals surface area contributed by atoms with Crippen molar-refractivity contribution in [2.24, 2.45) is 0 Å². The topological polar surface area (TPSA) is 57.4 Å². The molecule has 0 amide bonds. The molecule has 2 aromatic heterocycles. The summed E-state index contributed by atoms with van der Waals surface area (Å²) in [5.74, 6) is 0. The monoisotopic (exact) mass is 286 g/mol. The summed E-state index contributed by atoms with van der Waals surface area (Å²) in [5.41, 5.74) is 3.36. The molecular weight excluding hydrogens is 276 g/mol. The highest BCUT2D eigenvalue weighted by Crippen LogP contribution is 2.20. The number of para-hydroxylation sites is 1. The van der Waals surface area contributed by atoms with Gasteiger partial charge in [0.2, 0.25) is 0 Å². The van der Waals surface area contributed by atoms with Crippen LogP contribution in [0.4, 0.5) is 0 Å². The van der Waals surface area contributed by atoms with Gasteiger partial charge in [-0.1, -0.05) is 6.07 Å². The number of fused-ring (bicyclic) bond motifs is 1. The SMILES string of the molecule is Cc1csc(Cn2c(=S)[nH]c3c(C#N)cccc32)n1. The van der Waals surface area contributed by atoms with Crippen molar-refractivity contribution < 1.29 is 0 Å². The zero-order valence-electron chi connectivity index (χ0n) is 10.2. The Bertz CT molecular complexity index is 848. The van der Waals surface area contributed by atoms with Gasteiger partial charge in [-0.15, -0.1) is 11.3 Å². The highest BCUT2D eigenvalue weighted by atomic mass is 32.1. The second-order valence-corrected chi connectivity index (χ2v) is 5.54. The fourth-order valence-electron chi connectivity index (χ4n) is 2.04. The second kappa shape index (κ2) is 4.61. The zero-order valence-corrected chi connectivity index (χ0v) is 11.8. The molecule has 1 aromatic carbocycles. The van der Waals surface area contributed by atoms with Crippen LogP contribution in [-0.4, -0.2) is 14.5 Å². The smallest absolute Gasteiger partial charge is 0.178 e. The van der Waals surface area contributed by atoms with E-state index in [9.17, 15) is 0 Å². The Morgan fingerprint density at radius 2 is 2.37 bits per heavy atom. The van der Waals surface area contributed by atoms with E-state index in [2.05, 4.69) is 16.0 Å². The van der Waals surface area contributed by atoms with E-state index in [0.29, 0.717) is 16.9 Å². The Morgan fingerprint density at radius 1 is 1.53 bits per heavy atom. The van der Waals surface area contributed by atoms with Gasteiger partial charge in [0.25, 0.3) is 0 Å². The fraction of sp³-hybridized carbons (Fsp3) is 0.154. The molecule has 19 heavy (non-hydrogen) atoms. The number of aromatic amines is 1. The molecule has 0 unspecified atom stereocenters. The van der Waals surface area contributed by atoms with Crippen LogP contribution < -0.4 is 0 Å². The van der Waals surface area contributed by atoms with Gasteiger partial charge in [0, 0.05) is 11.1 Å². The van der Waals surface area contributed by atoms with Gasteiger partial charge in [0.05, 0.1) is 23.1 Å². The van der Waals surface area contributed by atoms with Gasteiger partial charge < -0.3 is 9.55 Å². The van der Waals surface area contributed by atoms with Crippen LogP contribution in [0.3, 0.4) is 0 Å². The number of nitriles is 1. The summed E-state index contributed by atoms with van der Waals surface area (Å²) < 4.78 is 2.59. The van der Waals surface area contributed by atoms with Crippen LogP contribution in [0, 0.1) is 23.0 Å². The summed E-state index contributed by atoms with van der Waals surface area (Å²) in [6.45, 7) is 2.61. The van der Waals surface area contributed by atoms with E-state index in [4.69, 9.17) is 17.5 Å². The third-order valence-electron chi connectivity index (χ3n) is 2.89. The molecule has 0 fully saturated rings. The highest BCUT2D eigenvalue weighted by molar-refractivity contribution is 7.71. The van der Waals surface area contributed by atoms with E-state index in [1.165, 1.54) is 0 Å². The molecule has 94 valence electrons. The van der Waals surface area contributed by atoms with Crippen molar-refractivity contribution in [3.05, 3.63) is 44.6 Å². The fourth-order valence-corrected chi connectivity index (χ4v) is 3.07. The Kier molecular flexibility index (Phi) is 2.93. The van der Waals surface area contributed by atoms with E-state index in [1.807, 2.05) is 29.0 Å². The first-order valence-corrected chi connectivity index (χ1v) is 7.00. The average molecular weight is 286 g/mol. The number of H-pyrrole nitrogens is 1. The zero-order chi connectivity index (χ0) is 13.4. The first kappa shape index (κ1) is 12.1. The molecule has 0 aliphatic heterocycles. The molecule has 2 heterocycles. The number of nitrogens with one attached hydrogen (secondary N) is 1. The largest absolute Gasteiger partial charge is 0.329 e. The van der Waals surface area contributed by atoms with Crippen molar-refractivity contribution in [1.29, 1.82) is 5.26 Å². The Hall–Kier alpha value is -1.97. The molecule has 0 spiro atoms. The lowest BCUT2D eigenvalue weighted by molar-refractivity contribution is 0.800. The molecule has 1 N–H and O–H groups in total. The molecule has 3 aromatic rings. The summed E-state index contributed by atoms with van der Waals surface area (Å²) in [6, 6.07) is 7.79. The standard InChI is InChI=1S/C13H10N4S2/c1-8-7-19-11(15-8)6-17-10-4-2-3-9(5-14)12(10)16-13(17)18/h2-4,7H,6H2,1H3,(H,16,18). The minimum absolute atomic E-state index is 0.609. The molecule has 4 nitrogen and oxygen atoms in total. The normalized spacial score (nSPS) is 10.7. The molecule has 0 aliphatic rings. The molecular formula is C13H10N4S2. The number of hydrogen-bond donors (Lipinski definition) is 1. The highest BCUT2D eigenvalue weighted by Gasteiger charge is 2.09. The maximum atomic E-state index is 9.11. The maximum absolute atomic E-state index is 9.11. The molecule has 0 bridgehead atoms. The van der Waals surface area contributed by atoms with Crippen LogP contribution in [0.25, 0.3) is 11.0 Å². The maximum Gasteiger partial charge on any atom is 0.178 e. The lowest BCUT2D eigenvalue weighted by Crippen LogP contribution is -1.99. The summed E-state index contributed by atoms with van der Waals surface area (Å²) in [5, 5.41) is 12.1. The average Bonchev–Trinajstić information content (AvgIpc) is 2.94. The van der Waals surface area contributed by atoms with Crippen molar-refractivity contribution in [2.45, 2.75) is 13.5 Å². The Labute approximate surface area is 119 Å². The van der Waals surface area contributed by atoms with E-state index in [0.717, 1.165) is 21.7 Å². The van der Waals surface area contributed by atoms with Crippen LogP contribution in [0.1, 0.15) is 16.3 Å². The van der Waals surface area contributed by atoms with Gasteiger partial charge in [0.1, 0.15) is 11.1 Å². The molecule has 0 saturated heterocycles. The summed E-state index contributed by atoms with van der Waals surface area (Å²) in [7, 11) is 0. The number of rotatable bonds is 2. The summed E-state index contributed by atoms with van der Waals surface area (Å²) in [4.78, 5) is 7.55. The van der Waals surface area contributed by atoms with E-state index < -0.39 is 0 Å². The van der Waals surface area contributed by atoms with Gasteiger partial charge in [-0.25, -0.2) is 4.98 Å². The van der Waals surface area contributed by atoms with E-state index in [1.54, 1.807) is 17.4 Å². The number of nitrogens with zero attached hydrogens (tertiary/aromatic N) is 3. The first-order chi connectivity index (χ1) is 9.19. The minimum atomic E-state index is 0.609. The van der Waals surface area contributed by atoms with Crippen LogP contribution in [0.5, 0.6) is 0 Å². The second-order valence-electron chi connectivity index (χ2n) is 4.21. The minimum Gasteiger partial charge on any atom is -0.329 e. The quantitative estimate of drug-likeness (QED) is 0.735. The van der Waals surface area contributed by atoms with Crippen molar-refractivity contribution >= 4 is 34.6 Å². The lowest BCUT2D eigenvalue weighted by Gasteiger charge is -2.01. The van der Waals surface area contributed by atoms with Crippen LogP contribution >= 0.6 is 23.6 Å². The Morgan fingerprint density at radius 3 is 3.05 bits per heavy atom. The molecule has 0 aliphatic carbocycles. The van der Waals surface area contributed by atoms with Crippen molar-refractivity contribution in [3.8, 4) is 6.07 Å². The van der Waals surface area contributed by atoms with Crippen LogP contribution in [-0.2, 0) is 6.54 Å². The first-order valence-electron chi connectivity index (χ1n) is 5.71. The third kappa shape index (κ3) is 2.07. The number of aromatic nitrogens is 3.